The number of carbonyl (C=O) groups is 1. The molecule has 6 nitrogen and oxygen atoms in total. The average molecular weight is 419 g/mol. The highest BCUT2D eigenvalue weighted by Crippen LogP contribution is 2.29. The number of piperidine rings is 2. The Labute approximate surface area is 176 Å². The van der Waals surface area contributed by atoms with Crippen LogP contribution in [-0.2, 0) is 0 Å². The Balaban J connectivity index is 1.30. The largest absolute Gasteiger partial charge is 0.743 e. The number of nitrogens with one attached hydrogen (secondary N) is 1. The minimum atomic E-state index is -0.791. The van der Waals surface area contributed by atoms with Gasteiger partial charge in [-0.05, 0) is 64.3 Å². The van der Waals surface area contributed by atoms with Crippen LogP contribution in [0.25, 0.3) is 0 Å². The molecule has 1 aromatic carbocycles. The number of ketones is 1. The zero-order valence-corrected chi connectivity index (χ0v) is 17.4. The van der Waals surface area contributed by atoms with E-state index < -0.39 is 11.6 Å². The molecule has 2 fully saturated rings. The molecule has 3 aliphatic rings. The number of rotatable bonds is 5. The highest BCUT2D eigenvalue weighted by Gasteiger charge is 2.31. The first-order chi connectivity index (χ1) is 14.4. The van der Waals surface area contributed by atoms with E-state index >= 15 is 0 Å². The molecule has 8 heteroatoms. The van der Waals surface area contributed by atoms with Gasteiger partial charge in [-0.1, -0.05) is 0 Å². The second kappa shape index (κ2) is 8.99. The lowest BCUT2D eigenvalue weighted by atomic mass is 9.88. The molecule has 0 bridgehead atoms. The molecule has 1 N–H and O–H groups in total. The van der Waals surface area contributed by atoms with Crippen molar-refractivity contribution in [3.63, 3.8) is 0 Å². The van der Waals surface area contributed by atoms with Crippen LogP contribution in [-0.4, -0.2) is 53.2 Å². The summed E-state index contributed by atoms with van der Waals surface area (Å²) in [5.74, 6) is -1.96. The smallest absolute Gasteiger partial charge is 0.168 e. The lowest BCUT2D eigenvalue weighted by molar-refractivity contribution is -0.0448. The standard InChI is InChI=1S/C22H29F2N4O2/c1-15-20(28(30)27-10-3-2-4-21(27)25-15)9-13-26-11-7-16(8-12-26)22(29)18-6-5-17(23)14-19(18)24/h5-6,14,16,21,25H,2-4,7-13H2,1H3/q-1. The van der Waals surface area contributed by atoms with Gasteiger partial charge in [0.05, 0.1) is 11.7 Å². The summed E-state index contributed by atoms with van der Waals surface area (Å²) in [6.45, 7) is 4.95. The Morgan fingerprint density at radius 1 is 1.17 bits per heavy atom. The van der Waals surface area contributed by atoms with E-state index in [1.54, 1.807) is 0 Å². The molecule has 1 aromatic rings. The number of likely N-dealkylation sites (tertiary alicyclic amines) is 1. The fourth-order valence-corrected chi connectivity index (χ4v) is 4.79. The van der Waals surface area contributed by atoms with Gasteiger partial charge in [0.15, 0.2) is 5.78 Å². The summed E-state index contributed by atoms with van der Waals surface area (Å²) in [7, 11) is 0. The molecule has 2 saturated heterocycles. The number of carbonyl (C=O) groups excluding carboxylic acids is 1. The summed E-state index contributed by atoms with van der Waals surface area (Å²) in [4.78, 5) is 14.9. The van der Waals surface area contributed by atoms with Gasteiger partial charge < -0.3 is 20.6 Å². The second-order valence-corrected chi connectivity index (χ2v) is 8.52. The second-order valence-electron chi connectivity index (χ2n) is 8.52. The minimum absolute atomic E-state index is 0.0259. The van der Waals surface area contributed by atoms with E-state index in [9.17, 15) is 18.8 Å². The van der Waals surface area contributed by atoms with Crippen LogP contribution in [0.2, 0.25) is 0 Å². The molecule has 0 spiro atoms. The van der Waals surface area contributed by atoms with Crippen LogP contribution < -0.4 is 5.32 Å². The average Bonchev–Trinajstić information content (AvgIpc) is 2.73. The molecule has 0 saturated carbocycles. The summed E-state index contributed by atoms with van der Waals surface area (Å²) in [5, 5.41) is 19.3. The summed E-state index contributed by atoms with van der Waals surface area (Å²) in [6, 6.07) is 3.13. The van der Waals surface area contributed by atoms with Crippen LogP contribution in [0.1, 0.15) is 55.8 Å². The Morgan fingerprint density at radius 3 is 2.67 bits per heavy atom. The van der Waals surface area contributed by atoms with Crippen molar-refractivity contribution >= 4 is 5.78 Å². The predicted molar refractivity (Wildman–Crippen MR) is 110 cm³/mol. The van der Waals surface area contributed by atoms with Crippen LogP contribution in [0, 0.1) is 22.8 Å². The number of fused-ring (bicyclic) bond motifs is 1. The van der Waals surface area contributed by atoms with E-state index in [-0.39, 0.29) is 23.4 Å². The fraction of sp³-hybridized carbons (Fsp3) is 0.591. The first kappa shape index (κ1) is 21.2. The third kappa shape index (κ3) is 4.36. The van der Waals surface area contributed by atoms with Crippen molar-refractivity contribution in [3.8, 4) is 0 Å². The van der Waals surface area contributed by atoms with Crippen LogP contribution in [0.3, 0.4) is 0 Å². The van der Waals surface area contributed by atoms with Gasteiger partial charge in [-0.15, -0.1) is 0 Å². The van der Waals surface area contributed by atoms with Crippen molar-refractivity contribution in [1.29, 1.82) is 0 Å². The number of halogens is 2. The normalized spacial score (nSPS) is 24.0. The summed E-state index contributed by atoms with van der Waals surface area (Å²) in [5.41, 5.74) is 1.70. The zero-order valence-electron chi connectivity index (χ0n) is 17.4. The number of nitrogens with zero attached hydrogens (tertiary/aromatic N) is 3. The van der Waals surface area contributed by atoms with Crippen LogP contribution in [0.15, 0.2) is 29.6 Å². The fourth-order valence-electron chi connectivity index (χ4n) is 4.79. The lowest BCUT2D eigenvalue weighted by Gasteiger charge is -2.53. The van der Waals surface area contributed by atoms with Crippen molar-refractivity contribution < 1.29 is 13.6 Å². The summed E-state index contributed by atoms with van der Waals surface area (Å²) < 4.78 is 27.0. The van der Waals surface area contributed by atoms with E-state index in [4.69, 9.17) is 0 Å². The first-order valence-electron chi connectivity index (χ1n) is 10.9. The van der Waals surface area contributed by atoms with Crippen LogP contribution in [0.4, 0.5) is 8.78 Å². The molecular formula is C22H29F2N4O2-. The van der Waals surface area contributed by atoms with Crippen LogP contribution in [0.5, 0.6) is 0 Å². The number of hydrogen-bond acceptors (Lipinski definition) is 6. The van der Waals surface area contributed by atoms with Gasteiger partial charge in [0.2, 0.25) is 0 Å². The van der Waals surface area contributed by atoms with E-state index in [1.807, 2.05) is 11.9 Å². The monoisotopic (exact) mass is 419 g/mol. The van der Waals surface area contributed by atoms with Gasteiger partial charge in [-0.3, -0.25) is 4.79 Å². The molecule has 4 rings (SSSR count). The van der Waals surface area contributed by atoms with Crippen molar-refractivity contribution in [2.75, 3.05) is 26.2 Å². The quantitative estimate of drug-likeness (QED) is 0.736. The molecule has 3 heterocycles. The predicted octanol–water partition coefficient (Wildman–Crippen LogP) is 3.61. The first-order valence-corrected chi connectivity index (χ1v) is 10.9. The maximum Gasteiger partial charge on any atom is 0.168 e. The lowest BCUT2D eigenvalue weighted by Crippen LogP contribution is -2.58. The van der Waals surface area contributed by atoms with Crippen molar-refractivity contribution in [3.05, 3.63) is 52.0 Å². The third-order valence-corrected chi connectivity index (χ3v) is 6.57. The summed E-state index contributed by atoms with van der Waals surface area (Å²) in [6.07, 6.45) is 5.20. The number of benzene rings is 1. The molecule has 164 valence electrons. The highest BCUT2D eigenvalue weighted by atomic mass is 19.1. The number of hydroxylamine groups is 1. The maximum atomic E-state index is 13.9. The Kier molecular flexibility index (Phi) is 6.36. The number of hydrazine groups is 1. The van der Waals surface area contributed by atoms with Gasteiger partial charge in [-0.25, -0.2) is 13.8 Å². The molecule has 0 radical (unpaired) electrons. The Bertz CT molecular complexity index is 823. The van der Waals surface area contributed by atoms with Gasteiger partial charge in [0.25, 0.3) is 0 Å². The van der Waals surface area contributed by atoms with E-state index in [2.05, 4.69) is 10.2 Å². The third-order valence-electron chi connectivity index (χ3n) is 6.57. The molecule has 3 aliphatic heterocycles. The zero-order chi connectivity index (χ0) is 21.3. The molecule has 30 heavy (non-hydrogen) atoms. The Hall–Kier alpha value is -2.03. The van der Waals surface area contributed by atoms with E-state index in [1.165, 1.54) is 6.07 Å². The number of allylic oxidation sites excluding steroid dienone is 1. The van der Waals surface area contributed by atoms with Crippen LogP contribution >= 0.6 is 0 Å². The molecule has 1 unspecified atom stereocenters. The molecule has 1 atom stereocenters. The van der Waals surface area contributed by atoms with Crippen molar-refractivity contribution in [1.82, 2.24) is 20.4 Å². The van der Waals surface area contributed by atoms with Crippen molar-refractivity contribution in [2.45, 2.75) is 51.6 Å². The molecular weight excluding hydrogens is 390 g/mol. The SMILES string of the molecule is CC1=C(CCN2CCC(C(=O)c3ccc(F)cc3F)CC2)N([O-])N2CCCCC2N1. The van der Waals surface area contributed by atoms with E-state index in [0.29, 0.717) is 19.3 Å². The van der Waals surface area contributed by atoms with Gasteiger partial charge in [0, 0.05) is 42.9 Å². The molecule has 0 aliphatic carbocycles. The molecule has 0 aromatic heterocycles. The van der Waals surface area contributed by atoms with E-state index in [0.717, 1.165) is 74.1 Å². The minimum Gasteiger partial charge on any atom is -0.743 e. The number of hydrogen-bond donors (Lipinski definition) is 1. The maximum absolute atomic E-state index is 13.9. The van der Waals surface area contributed by atoms with Crippen molar-refractivity contribution in [2.24, 2.45) is 5.92 Å². The molecule has 0 amide bonds. The topological polar surface area (TPSA) is 61.9 Å². The highest BCUT2D eigenvalue weighted by molar-refractivity contribution is 5.98. The van der Waals surface area contributed by atoms with Gasteiger partial charge >= 0.3 is 0 Å². The van der Waals surface area contributed by atoms with Gasteiger partial charge in [-0.2, -0.15) is 0 Å². The number of Topliss-reactive ketones (excluding diaryl/α,β-unsaturated/α-hetero) is 1. The Morgan fingerprint density at radius 2 is 1.93 bits per heavy atom. The summed E-state index contributed by atoms with van der Waals surface area (Å²) >= 11 is 0. The van der Waals surface area contributed by atoms with Gasteiger partial charge in [0.1, 0.15) is 11.6 Å².